The first-order valence-electron chi connectivity index (χ1n) is 7.49. The average molecular weight is 294 g/mol. The zero-order valence-electron chi connectivity index (χ0n) is 13.5. The molecular formula is C15H26N4O2. The van der Waals surface area contributed by atoms with Crippen molar-refractivity contribution in [2.24, 2.45) is 11.8 Å². The summed E-state index contributed by atoms with van der Waals surface area (Å²) in [4.78, 5) is 16.3. The molecule has 1 amide bonds. The van der Waals surface area contributed by atoms with Gasteiger partial charge in [-0.3, -0.25) is 14.4 Å². The Morgan fingerprint density at radius 3 is 2.81 bits per heavy atom. The quantitative estimate of drug-likeness (QED) is 0.774. The summed E-state index contributed by atoms with van der Waals surface area (Å²) in [7, 11) is 5.34. The van der Waals surface area contributed by atoms with Gasteiger partial charge in [0.1, 0.15) is 0 Å². The van der Waals surface area contributed by atoms with Crippen LogP contribution in [0.2, 0.25) is 0 Å². The van der Waals surface area contributed by atoms with E-state index in [1.54, 1.807) is 12.0 Å². The molecule has 2 atom stereocenters. The number of likely N-dealkylation sites (tertiary alicyclic amines) is 1. The minimum absolute atomic E-state index is 0.0289. The molecule has 0 aliphatic carbocycles. The highest BCUT2D eigenvalue weighted by atomic mass is 16.5. The molecule has 0 saturated carbocycles. The number of nitrogens with zero attached hydrogens (tertiary/aromatic N) is 4. The minimum Gasteiger partial charge on any atom is -0.384 e. The van der Waals surface area contributed by atoms with Gasteiger partial charge in [-0.2, -0.15) is 5.10 Å². The van der Waals surface area contributed by atoms with Crippen LogP contribution in [0.4, 0.5) is 0 Å². The molecular weight excluding hydrogens is 268 g/mol. The molecule has 0 N–H and O–H groups in total. The minimum atomic E-state index is 0.0289. The first-order chi connectivity index (χ1) is 10.0. The van der Waals surface area contributed by atoms with E-state index in [1.165, 1.54) is 5.56 Å². The molecule has 0 unspecified atom stereocenters. The molecule has 2 heterocycles. The topological polar surface area (TPSA) is 50.6 Å². The third kappa shape index (κ3) is 3.83. The van der Waals surface area contributed by atoms with Gasteiger partial charge in [-0.25, -0.2) is 0 Å². The van der Waals surface area contributed by atoms with Gasteiger partial charge < -0.3 is 9.64 Å². The van der Waals surface area contributed by atoms with Crippen molar-refractivity contribution < 1.29 is 9.53 Å². The summed E-state index contributed by atoms with van der Waals surface area (Å²) in [5.74, 6) is 0.496. The molecule has 6 heteroatoms. The number of hydrogen-bond acceptors (Lipinski definition) is 4. The molecule has 2 rings (SSSR count). The van der Waals surface area contributed by atoms with Gasteiger partial charge in [-0.1, -0.05) is 0 Å². The maximum Gasteiger partial charge on any atom is 0.226 e. The number of rotatable bonds is 6. The molecule has 1 aliphatic rings. The predicted molar refractivity (Wildman–Crippen MR) is 80.7 cm³/mol. The van der Waals surface area contributed by atoms with Gasteiger partial charge in [0.15, 0.2) is 0 Å². The smallest absolute Gasteiger partial charge is 0.226 e. The fourth-order valence-electron chi connectivity index (χ4n) is 3.00. The lowest BCUT2D eigenvalue weighted by Gasteiger charge is -2.20. The third-order valence-corrected chi connectivity index (χ3v) is 4.07. The average Bonchev–Trinajstić information content (AvgIpc) is 3.05. The van der Waals surface area contributed by atoms with E-state index in [4.69, 9.17) is 4.74 Å². The van der Waals surface area contributed by atoms with Gasteiger partial charge in [0.05, 0.1) is 18.7 Å². The van der Waals surface area contributed by atoms with Crippen LogP contribution >= 0.6 is 0 Å². The van der Waals surface area contributed by atoms with Gasteiger partial charge >= 0.3 is 0 Å². The first-order valence-corrected chi connectivity index (χ1v) is 7.49. The highest BCUT2D eigenvalue weighted by Gasteiger charge is 2.38. The largest absolute Gasteiger partial charge is 0.384 e. The lowest BCUT2D eigenvalue weighted by Crippen LogP contribution is -2.35. The van der Waals surface area contributed by atoms with Crippen LogP contribution in [0.3, 0.4) is 0 Å². The van der Waals surface area contributed by atoms with Crippen molar-refractivity contribution >= 4 is 5.91 Å². The van der Waals surface area contributed by atoms with Crippen molar-refractivity contribution in [1.82, 2.24) is 19.6 Å². The predicted octanol–water partition coefficient (Wildman–Crippen LogP) is 0.686. The molecule has 21 heavy (non-hydrogen) atoms. The summed E-state index contributed by atoms with van der Waals surface area (Å²) in [5.41, 5.74) is 1.20. The number of aromatic nitrogens is 2. The lowest BCUT2D eigenvalue weighted by molar-refractivity contribution is -0.134. The van der Waals surface area contributed by atoms with E-state index in [1.807, 2.05) is 25.0 Å². The monoisotopic (exact) mass is 294 g/mol. The normalized spacial score (nSPS) is 22.7. The summed E-state index contributed by atoms with van der Waals surface area (Å²) >= 11 is 0. The standard InChI is InChI=1S/C15H26N4O2/c1-5-19-8-12(6-16-19)7-18-9-13(11-21-4)14(10-18)15(20)17(2)3/h6,8,13-14H,5,7,9-11H2,1-4H3/t13-,14+/m0/s1. The molecule has 1 aromatic rings. The zero-order valence-corrected chi connectivity index (χ0v) is 13.5. The van der Waals surface area contributed by atoms with Gasteiger partial charge in [0.2, 0.25) is 5.91 Å². The van der Waals surface area contributed by atoms with E-state index in [-0.39, 0.29) is 17.7 Å². The summed E-state index contributed by atoms with van der Waals surface area (Å²) in [6, 6.07) is 0. The van der Waals surface area contributed by atoms with E-state index in [2.05, 4.69) is 23.1 Å². The van der Waals surface area contributed by atoms with E-state index < -0.39 is 0 Å². The van der Waals surface area contributed by atoms with Crippen molar-refractivity contribution in [2.75, 3.05) is 40.9 Å². The maximum absolute atomic E-state index is 12.3. The molecule has 0 bridgehead atoms. The number of methoxy groups -OCH3 is 1. The molecule has 1 saturated heterocycles. The second-order valence-electron chi connectivity index (χ2n) is 5.95. The van der Waals surface area contributed by atoms with Crippen LogP contribution in [-0.2, 0) is 22.6 Å². The van der Waals surface area contributed by atoms with Crippen molar-refractivity contribution in [2.45, 2.75) is 20.0 Å². The molecule has 1 fully saturated rings. The van der Waals surface area contributed by atoms with Gasteiger partial charge in [0, 0.05) is 65.1 Å². The summed E-state index contributed by atoms with van der Waals surface area (Å²) in [5, 5.41) is 4.30. The Kier molecular flexibility index (Phi) is 5.36. The fraction of sp³-hybridized carbons (Fsp3) is 0.733. The third-order valence-electron chi connectivity index (χ3n) is 4.07. The van der Waals surface area contributed by atoms with Crippen molar-refractivity contribution in [1.29, 1.82) is 0 Å². The number of hydrogen-bond donors (Lipinski definition) is 0. The van der Waals surface area contributed by atoms with Crippen molar-refractivity contribution in [3.8, 4) is 0 Å². The number of amides is 1. The molecule has 0 aromatic carbocycles. The van der Waals surface area contributed by atoms with Crippen molar-refractivity contribution in [3.63, 3.8) is 0 Å². The molecule has 1 aromatic heterocycles. The summed E-state index contributed by atoms with van der Waals surface area (Å²) in [6.07, 6.45) is 3.99. The van der Waals surface area contributed by atoms with Gasteiger partial charge in [-0.15, -0.1) is 0 Å². The Labute approximate surface area is 126 Å². The molecule has 118 valence electrons. The Morgan fingerprint density at radius 1 is 1.48 bits per heavy atom. The SMILES string of the molecule is CCn1cc(CN2C[C@@H](COC)[C@H](C(=O)N(C)C)C2)cn1. The van der Waals surface area contributed by atoms with Crippen LogP contribution < -0.4 is 0 Å². The second kappa shape index (κ2) is 7.04. The Bertz CT molecular complexity index is 472. The highest BCUT2D eigenvalue weighted by Crippen LogP contribution is 2.26. The molecule has 1 aliphatic heterocycles. The van der Waals surface area contributed by atoms with Gasteiger partial charge in [-0.05, 0) is 6.92 Å². The molecule has 0 radical (unpaired) electrons. The zero-order chi connectivity index (χ0) is 15.4. The summed E-state index contributed by atoms with van der Waals surface area (Å²) in [6.45, 7) is 6.13. The molecule has 0 spiro atoms. The summed E-state index contributed by atoms with van der Waals surface area (Å²) < 4.78 is 7.22. The Balaban J connectivity index is 2.00. The van der Waals surface area contributed by atoms with Crippen LogP contribution in [0.25, 0.3) is 0 Å². The van der Waals surface area contributed by atoms with Crippen LogP contribution in [0.5, 0.6) is 0 Å². The number of aryl methyl sites for hydroxylation is 1. The first kappa shape index (κ1) is 16.0. The molecule has 6 nitrogen and oxygen atoms in total. The van der Waals surface area contributed by atoms with Crippen LogP contribution in [0.15, 0.2) is 12.4 Å². The van der Waals surface area contributed by atoms with E-state index in [0.29, 0.717) is 6.61 Å². The number of carbonyl (C=O) groups is 1. The lowest BCUT2D eigenvalue weighted by atomic mass is 9.96. The van der Waals surface area contributed by atoms with Gasteiger partial charge in [0.25, 0.3) is 0 Å². The van der Waals surface area contributed by atoms with E-state index >= 15 is 0 Å². The fourth-order valence-corrected chi connectivity index (χ4v) is 3.00. The Morgan fingerprint density at radius 2 is 2.24 bits per heavy atom. The van der Waals surface area contributed by atoms with Crippen LogP contribution in [-0.4, -0.2) is 66.4 Å². The van der Waals surface area contributed by atoms with Crippen LogP contribution in [0, 0.1) is 11.8 Å². The van der Waals surface area contributed by atoms with E-state index in [0.717, 1.165) is 26.2 Å². The number of carbonyl (C=O) groups excluding carboxylic acids is 1. The maximum atomic E-state index is 12.3. The highest BCUT2D eigenvalue weighted by molar-refractivity contribution is 5.79. The van der Waals surface area contributed by atoms with E-state index in [9.17, 15) is 4.79 Å². The second-order valence-corrected chi connectivity index (χ2v) is 5.95. The van der Waals surface area contributed by atoms with Crippen LogP contribution in [0.1, 0.15) is 12.5 Å². The number of ether oxygens (including phenoxy) is 1. The van der Waals surface area contributed by atoms with Crippen molar-refractivity contribution in [3.05, 3.63) is 18.0 Å². The Hall–Kier alpha value is -1.40.